The van der Waals surface area contributed by atoms with E-state index < -0.39 is 0 Å². The third-order valence-electron chi connectivity index (χ3n) is 3.22. The minimum Gasteiger partial charge on any atom is -0.489 e. The smallest absolute Gasteiger partial charge is 0.261 e. The summed E-state index contributed by atoms with van der Waals surface area (Å²) >= 11 is 1.47. The van der Waals surface area contributed by atoms with Crippen LogP contribution in [0.1, 0.15) is 33.6 Å². The number of carbonyl (C=O) groups is 1. The van der Waals surface area contributed by atoms with Crippen LogP contribution in [0.4, 0.5) is 0 Å². The Morgan fingerprint density at radius 1 is 1.35 bits per heavy atom. The number of nitrogens with one attached hydrogen (secondary N) is 1. The van der Waals surface area contributed by atoms with Gasteiger partial charge in [-0.1, -0.05) is 17.7 Å². The molecule has 3 nitrogen and oxygen atoms in total. The molecule has 1 fully saturated rings. The van der Waals surface area contributed by atoms with E-state index in [1.807, 2.05) is 42.6 Å². The molecule has 1 aromatic carbocycles. The van der Waals surface area contributed by atoms with Gasteiger partial charge in [-0.15, -0.1) is 11.3 Å². The van der Waals surface area contributed by atoms with Gasteiger partial charge in [-0.05, 0) is 43.3 Å². The maximum Gasteiger partial charge on any atom is 0.261 e. The molecule has 1 heterocycles. The van der Waals surface area contributed by atoms with Gasteiger partial charge in [0.2, 0.25) is 0 Å². The van der Waals surface area contributed by atoms with Crippen molar-refractivity contribution in [2.75, 3.05) is 0 Å². The van der Waals surface area contributed by atoms with Crippen LogP contribution in [0.25, 0.3) is 0 Å². The van der Waals surface area contributed by atoms with Crippen LogP contribution in [0.5, 0.6) is 5.75 Å². The number of ether oxygens (including phenoxy) is 1. The Hall–Kier alpha value is -1.81. The highest BCUT2D eigenvalue weighted by molar-refractivity contribution is 7.12. The largest absolute Gasteiger partial charge is 0.489 e. The Morgan fingerprint density at radius 2 is 2.10 bits per heavy atom. The number of carbonyl (C=O) groups excluding carboxylic acids is 1. The average Bonchev–Trinajstić information content (AvgIpc) is 3.13. The van der Waals surface area contributed by atoms with E-state index in [0.717, 1.165) is 29.0 Å². The van der Waals surface area contributed by atoms with Crippen LogP contribution in [-0.2, 0) is 6.61 Å². The molecule has 0 bridgehead atoms. The maximum absolute atomic E-state index is 11.9. The summed E-state index contributed by atoms with van der Waals surface area (Å²) in [4.78, 5) is 12.6. The first-order valence-electron chi connectivity index (χ1n) is 6.78. The number of hydrogen-bond acceptors (Lipinski definition) is 3. The minimum absolute atomic E-state index is 0.0408. The molecule has 0 radical (unpaired) electrons. The van der Waals surface area contributed by atoms with Crippen molar-refractivity contribution in [3.8, 4) is 5.75 Å². The summed E-state index contributed by atoms with van der Waals surface area (Å²) in [6.07, 6.45) is 2.22. The number of benzene rings is 1. The second-order valence-electron chi connectivity index (χ2n) is 5.17. The van der Waals surface area contributed by atoms with Gasteiger partial charge in [0.1, 0.15) is 12.4 Å². The van der Waals surface area contributed by atoms with Crippen molar-refractivity contribution < 1.29 is 9.53 Å². The molecule has 0 unspecified atom stereocenters. The Balaban J connectivity index is 1.56. The highest BCUT2D eigenvalue weighted by Crippen LogP contribution is 2.22. The second kappa shape index (κ2) is 5.67. The molecule has 1 amide bonds. The van der Waals surface area contributed by atoms with Crippen molar-refractivity contribution in [2.24, 2.45) is 0 Å². The lowest BCUT2D eigenvalue weighted by Crippen LogP contribution is -2.24. The summed E-state index contributed by atoms with van der Waals surface area (Å²) < 4.78 is 5.71. The van der Waals surface area contributed by atoms with Crippen LogP contribution in [0.3, 0.4) is 0 Å². The van der Waals surface area contributed by atoms with Crippen molar-refractivity contribution in [1.82, 2.24) is 5.32 Å². The van der Waals surface area contributed by atoms with Crippen molar-refractivity contribution >= 4 is 17.2 Å². The van der Waals surface area contributed by atoms with Gasteiger partial charge in [0.05, 0.1) is 4.88 Å². The zero-order chi connectivity index (χ0) is 13.9. The number of rotatable bonds is 5. The van der Waals surface area contributed by atoms with E-state index in [1.165, 1.54) is 16.9 Å². The lowest BCUT2D eigenvalue weighted by Gasteiger charge is -2.04. The SMILES string of the molecule is Cc1ccc(OCc2csc(C(=O)NC3CC3)c2)cc1. The molecular formula is C16H17NO2S. The zero-order valence-corrected chi connectivity index (χ0v) is 12.2. The Morgan fingerprint density at radius 3 is 2.80 bits per heavy atom. The lowest BCUT2D eigenvalue weighted by molar-refractivity contribution is 0.0955. The topological polar surface area (TPSA) is 38.3 Å². The van der Waals surface area contributed by atoms with E-state index in [4.69, 9.17) is 4.74 Å². The average molecular weight is 287 g/mol. The van der Waals surface area contributed by atoms with Gasteiger partial charge in [-0.2, -0.15) is 0 Å². The van der Waals surface area contributed by atoms with Crippen LogP contribution in [0.15, 0.2) is 35.7 Å². The van der Waals surface area contributed by atoms with Crippen molar-refractivity contribution in [3.05, 3.63) is 51.7 Å². The molecule has 0 aliphatic heterocycles. The van der Waals surface area contributed by atoms with Crippen LogP contribution < -0.4 is 10.1 Å². The summed E-state index contributed by atoms with van der Waals surface area (Å²) in [5.74, 6) is 0.893. The van der Waals surface area contributed by atoms with E-state index in [0.29, 0.717) is 12.6 Å². The molecule has 0 saturated heterocycles. The fraction of sp³-hybridized carbons (Fsp3) is 0.312. The first-order valence-corrected chi connectivity index (χ1v) is 7.66. The highest BCUT2D eigenvalue weighted by atomic mass is 32.1. The Kier molecular flexibility index (Phi) is 3.74. The van der Waals surface area contributed by atoms with E-state index in [2.05, 4.69) is 5.32 Å². The predicted molar refractivity (Wildman–Crippen MR) is 80.3 cm³/mol. The van der Waals surface area contributed by atoms with Gasteiger partial charge < -0.3 is 10.1 Å². The highest BCUT2D eigenvalue weighted by Gasteiger charge is 2.24. The maximum atomic E-state index is 11.9. The molecule has 20 heavy (non-hydrogen) atoms. The van der Waals surface area contributed by atoms with Crippen molar-refractivity contribution in [3.63, 3.8) is 0 Å². The van der Waals surface area contributed by atoms with Crippen LogP contribution in [0, 0.1) is 6.92 Å². The first-order chi connectivity index (χ1) is 9.70. The summed E-state index contributed by atoms with van der Waals surface area (Å²) in [7, 11) is 0. The molecule has 104 valence electrons. The number of thiophene rings is 1. The molecule has 1 aromatic heterocycles. The molecule has 1 aliphatic carbocycles. The van der Waals surface area contributed by atoms with Gasteiger partial charge >= 0.3 is 0 Å². The van der Waals surface area contributed by atoms with E-state index in [9.17, 15) is 4.79 Å². The van der Waals surface area contributed by atoms with Crippen molar-refractivity contribution in [2.45, 2.75) is 32.4 Å². The molecule has 1 N–H and O–H groups in total. The van der Waals surface area contributed by atoms with Gasteiger partial charge in [0.15, 0.2) is 0 Å². The third-order valence-corrected chi connectivity index (χ3v) is 4.19. The molecule has 2 aromatic rings. The fourth-order valence-electron chi connectivity index (χ4n) is 1.86. The predicted octanol–water partition coefficient (Wildman–Crippen LogP) is 3.53. The molecular weight excluding hydrogens is 270 g/mol. The van der Waals surface area contributed by atoms with E-state index in [1.54, 1.807) is 0 Å². The first kappa shape index (κ1) is 13.2. The minimum atomic E-state index is 0.0408. The summed E-state index contributed by atoms with van der Waals surface area (Å²) in [6, 6.07) is 10.3. The lowest BCUT2D eigenvalue weighted by atomic mass is 10.2. The van der Waals surface area contributed by atoms with Crippen molar-refractivity contribution in [1.29, 1.82) is 0 Å². The molecule has 3 rings (SSSR count). The van der Waals surface area contributed by atoms with E-state index in [-0.39, 0.29) is 5.91 Å². The number of hydrogen-bond donors (Lipinski definition) is 1. The molecule has 1 saturated carbocycles. The molecule has 1 aliphatic rings. The molecule has 0 spiro atoms. The summed E-state index contributed by atoms with van der Waals surface area (Å²) in [5, 5.41) is 4.98. The Labute approximate surface area is 122 Å². The van der Waals surface area contributed by atoms with Gasteiger partial charge in [0.25, 0.3) is 5.91 Å². The Bertz CT molecular complexity index is 599. The molecule has 4 heteroatoms. The normalized spacial score (nSPS) is 14.1. The fourth-order valence-corrected chi connectivity index (χ4v) is 2.66. The van der Waals surface area contributed by atoms with Crippen LogP contribution in [0.2, 0.25) is 0 Å². The number of aryl methyl sites for hydroxylation is 1. The van der Waals surface area contributed by atoms with Gasteiger partial charge in [-0.25, -0.2) is 0 Å². The zero-order valence-electron chi connectivity index (χ0n) is 11.4. The summed E-state index contributed by atoms with van der Waals surface area (Å²) in [5.41, 5.74) is 2.25. The van der Waals surface area contributed by atoms with Crippen LogP contribution in [-0.4, -0.2) is 11.9 Å². The van der Waals surface area contributed by atoms with Gasteiger partial charge in [-0.3, -0.25) is 4.79 Å². The van der Waals surface area contributed by atoms with Crippen LogP contribution >= 0.6 is 11.3 Å². The number of amides is 1. The quantitative estimate of drug-likeness (QED) is 0.913. The molecule has 0 atom stereocenters. The second-order valence-corrected chi connectivity index (χ2v) is 6.08. The van der Waals surface area contributed by atoms with Gasteiger partial charge in [0, 0.05) is 11.6 Å². The van der Waals surface area contributed by atoms with E-state index >= 15 is 0 Å². The standard InChI is InChI=1S/C16H17NO2S/c1-11-2-6-14(7-3-11)19-9-12-8-15(20-10-12)16(18)17-13-4-5-13/h2-3,6-8,10,13H,4-5,9H2,1H3,(H,17,18). The monoisotopic (exact) mass is 287 g/mol. The summed E-state index contributed by atoms with van der Waals surface area (Å²) in [6.45, 7) is 2.55. The third kappa shape index (κ3) is 3.39.